The summed E-state index contributed by atoms with van der Waals surface area (Å²) in [5.74, 6) is 0. The van der Waals surface area contributed by atoms with Crippen LogP contribution in [0, 0.1) is 0 Å². The van der Waals surface area contributed by atoms with Crippen molar-refractivity contribution in [2.75, 3.05) is 0 Å². The minimum absolute atomic E-state index is 0. The van der Waals surface area contributed by atoms with E-state index in [-0.39, 0.29) is 80.0 Å². The van der Waals surface area contributed by atoms with Gasteiger partial charge in [0.15, 0.2) is 0 Å². The van der Waals surface area contributed by atoms with Crippen LogP contribution in [0.2, 0.25) is 0 Å². The second kappa shape index (κ2) is 17.1. The van der Waals surface area contributed by atoms with Crippen LogP contribution in [0.25, 0.3) is 0 Å². The summed E-state index contributed by atoms with van der Waals surface area (Å²) in [4.78, 5) is 0. The van der Waals surface area contributed by atoms with Crippen molar-refractivity contribution in [1.82, 2.24) is 0 Å². The van der Waals surface area contributed by atoms with Gasteiger partial charge in [0.05, 0.1) is 0 Å². The molecule has 0 aromatic heterocycles. The standard InChI is InChI=1S/Ga.In.H3P.Sb/h;;1H3;. The molecule has 0 aromatic rings. The second-order valence-electron chi connectivity index (χ2n) is 0. The van der Waals surface area contributed by atoms with Crippen molar-refractivity contribution in [2.45, 2.75) is 0 Å². The van der Waals surface area contributed by atoms with Crippen molar-refractivity contribution in [3.05, 3.63) is 0 Å². The predicted molar refractivity (Wildman–Crippen MR) is 28.4 cm³/mol. The molecule has 4 heavy (non-hydrogen) atoms. The van der Waals surface area contributed by atoms with Gasteiger partial charge in [0, 0.05) is 70.1 Å². The molecule has 0 saturated heterocycles. The van der Waals surface area contributed by atoms with Crippen molar-refractivity contribution in [2.24, 2.45) is 0 Å². The first-order valence-electron chi connectivity index (χ1n) is 0. The zero-order valence-electron chi connectivity index (χ0n) is 2.31. The van der Waals surface area contributed by atoms with Gasteiger partial charge >= 0.3 is 0 Å². The molecule has 19 valence electrons. The zero-order chi connectivity index (χ0) is 0. The Morgan fingerprint density at radius 1 is 1.00 bits per heavy atom. The molecule has 4 heteroatoms. The molecule has 0 spiro atoms. The van der Waals surface area contributed by atoms with Crippen molar-refractivity contribution >= 4 is 80.0 Å². The molecule has 0 aliphatic rings. The Morgan fingerprint density at radius 2 is 1.00 bits per heavy atom. The molecular formula is H3GaInPSb. The van der Waals surface area contributed by atoms with E-state index in [0.717, 1.165) is 0 Å². The zero-order valence-corrected chi connectivity index (χ0v) is 12.0. The van der Waals surface area contributed by atoms with Crippen LogP contribution in [-0.4, -0.2) is 70.1 Å². The molecule has 0 nitrogen and oxygen atoms in total. The SMILES string of the molecule is P.[Ga].[In].[Sb]. The Bertz CT molecular complexity index is 8.00. The van der Waals surface area contributed by atoms with Crippen LogP contribution in [0.15, 0.2) is 0 Å². The van der Waals surface area contributed by atoms with Gasteiger partial charge in [-0.25, -0.2) is 0 Å². The summed E-state index contributed by atoms with van der Waals surface area (Å²) >= 11 is 0. The average Bonchev–Trinajstić information content (AvgIpc) is 0. The van der Waals surface area contributed by atoms with E-state index in [1.807, 2.05) is 0 Å². The Morgan fingerprint density at radius 3 is 1.00 bits per heavy atom. The van der Waals surface area contributed by atoms with Crippen LogP contribution in [-0.2, 0) is 0 Å². The quantitative estimate of drug-likeness (QED) is 0.389. The molecule has 0 aliphatic carbocycles. The maximum atomic E-state index is 0. The van der Waals surface area contributed by atoms with Crippen LogP contribution in [0.3, 0.4) is 0 Å². The summed E-state index contributed by atoms with van der Waals surface area (Å²) in [6, 6.07) is 0. The molecule has 0 amide bonds. The number of hydrogen-bond acceptors (Lipinski definition) is 0. The maximum absolute atomic E-state index is 0. The summed E-state index contributed by atoms with van der Waals surface area (Å²) in [6.07, 6.45) is 0. The van der Waals surface area contributed by atoms with Gasteiger partial charge in [-0.1, -0.05) is 0 Å². The van der Waals surface area contributed by atoms with E-state index < -0.39 is 0 Å². The molecule has 0 N–H and O–H groups in total. The Labute approximate surface area is 78.8 Å². The fourth-order valence-corrected chi connectivity index (χ4v) is 0. The van der Waals surface area contributed by atoms with E-state index in [9.17, 15) is 0 Å². The average molecular weight is 340 g/mol. The molecule has 0 aliphatic heterocycles. The van der Waals surface area contributed by atoms with Gasteiger partial charge in [-0.2, -0.15) is 9.90 Å². The van der Waals surface area contributed by atoms with Gasteiger partial charge < -0.3 is 0 Å². The maximum Gasteiger partial charge on any atom is 0 e. The van der Waals surface area contributed by atoms with Gasteiger partial charge in [0.25, 0.3) is 0 Å². The molecule has 0 bridgehead atoms. The van der Waals surface area contributed by atoms with E-state index in [1.54, 1.807) is 0 Å². The number of rotatable bonds is 0. The molecular weight excluding hydrogens is 337 g/mol. The van der Waals surface area contributed by atoms with E-state index >= 15 is 0 Å². The summed E-state index contributed by atoms with van der Waals surface area (Å²) in [7, 11) is 0. The van der Waals surface area contributed by atoms with Gasteiger partial charge in [-0.05, 0) is 0 Å². The molecule has 0 heterocycles. The first kappa shape index (κ1) is 29.5. The third-order valence-corrected chi connectivity index (χ3v) is 0. The first-order valence-corrected chi connectivity index (χ1v) is 0. The normalized spacial score (nSPS) is 0. The minimum Gasteiger partial charge on any atom is -0.153 e. The van der Waals surface area contributed by atoms with E-state index in [1.165, 1.54) is 0 Å². The van der Waals surface area contributed by atoms with Gasteiger partial charge in [0.1, 0.15) is 0 Å². The summed E-state index contributed by atoms with van der Waals surface area (Å²) in [5, 5.41) is 0. The molecule has 0 rings (SSSR count). The van der Waals surface area contributed by atoms with E-state index in [4.69, 9.17) is 0 Å². The largest absolute Gasteiger partial charge is 0.153 e. The second-order valence-corrected chi connectivity index (χ2v) is 0. The van der Waals surface area contributed by atoms with Crippen molar-refractivity contribution in [1.29, 1.82) is 0 Å². The summed E-state index contributed by atoms with van der Waals surface area (Å²) in [6.45, 7) is 0. The van der Waals surface area contributed by atoms with Gasteiger partial charge in [-0.3, -0.25) is 0 Å². The van der Waals surface area contributed by atoms with Crippen LogP contribution in [0.5, 0.6) is 0 Å². The Kier molecular flexibility index (Phi) is 126. The van der Waals surface area contributed by atoms with Crippen LogP contribution in [0.4, 0.5) is 0 Å². The van der Waals surface area contributed by atoms with Crippen molar-refractivity contribution in [3.63, 3.8) is 0 Å². The first-order chi connectivity index (χ1) is 0. The molecule has 9 radical (unpaired) electrons. The van der Waals surface area contributed by atoms with Gasteiger partial charge in [0.2, 0.25) is 0 Å². The topological polar surface area (TPSA) is 0 Å². The molecule has 0 fully saturated rings. The third-order valence-electron chi connectivity index (χ3n) is 0. The number of hydrogen-bond donors (Lipinski definition) is 0. The Hall–Kier alpha value is 2.75. The molecule has 1 unspecified atom stereocenters. The molecule has 1 atom stereocenters. The molecule has 0 saturated carbocycles. The van der Waals surface area contributed by atoms with Crippen LogP contribution >= 0.6 is 9.90 Å². The van der Waals surface area contributed by atoms with Crippen molar-refractivity contribution < 1.29 is 0 Å². The fourth-order valence-electron chi connectivity index (χ4n) is 0. The fraction of sp³-hybridized carbons (Fsp3) is 0. The molecule has 0 aromatic carbocycles. The summed E-state index contributed by atoms with van der Waals surface area (Å²) < 4.78 is 0. The minimum atomic E-state index is 0. The van der Waals surface area contributed by atoms with E-state index in [0.29, 0.717) is 0 Å². The smallest absolute Gasteiger partial charge is 0 e. The predicted octanol–water partition coefficient (Wildman–Crippen LogP) is -1.08. The Balaban J connectivity index is 0. The van der Waals surface area contributed by atoms with Crippen LogP contribution < -0.4 is 0 Å². The van der Waals surface area contributed by atoms with Crippen LogP contribution in [0.1, 0.15) is 0 Å². The van der Waals surface area contributed by atoms with Gasteiger partial charge in [-0.15, -0.1) is 0 Å². The summed E-state index contributed by atoms with van der Waals surface area (Å²) in [5.41, 5.74) is 0. The van der Waals surface area contributed by atoms with Crippen molar-refractivity contribution in [3.8, 4) is 0 Å². The monoisotopic (exact) mass is 339 g/mol. The van der Waals surface area contributed by atoms with E-state index in [2.05, 4.69) is 0 Å². The third kappa shape index (κ3) is 8.83.